The molecule has 0 aromatic carbocycles. The van der Waals surface area contributed by atoms with Crippen LogP contribution in [0.1, 0.15) is 38.1 Å². The lowest BCUT2D eigenvalue weighted by Crippen LogP contribution is -2.39. The maximum absolute atomic E-state index is 12.3. The van der Waals surface area contributed by atoms with Gasteiger partial charge in [-0.2, -0.15) is 0 Å². The zero-order chi connectivity index (χ0) is 13.0. The van der Waals surface area contributed by atoms with Crippen molar-refractivity contribution in [2.75, 3.05) is 12.3 Å². The number of anilines is 1. The minimum atomic E-state index is -0.0423. The summed E-state index contributed by atoms with van der Waals surface area (Å²) < 4.78 is 0. The molecule has 1 amide bonds. The standard InChI is InChI=1S/C13H21N3O/c1-9(2)8-16(10(3)4)13(17)11-7-15-6-5-12(11)14/h5-7,9-10H,8H2,1-4H3,(H2,14,15). The molecule has 0 saturated heterocycles. The first-order valence-electron chi connectivity index (χ1n) is 5.94. The maximum Gasteiger partial charge on any atom is 0.257 e. The summed E-state index contributed by atoms with van der Waals surface area (Å²) in [5.41, 5.74) is 6.78. The van der Waals surface area contributed by atoms with Crippen LogP contribution in [0, 0.1) is 5.92 Å². The number of rotatable bonds is 4. The van der Waals surface area contributed by atoms with Gasteiger partial charge in [0.2, 0.25) is 0 Å². The Labute approximate surface area is 103 Å². The van der Waals surface area contributed by atoms with Crippen molar-refractivity contribution in [2.45, 2.75) is 33.7 Å². The fourth-order valence-corrected chi connectivity index (χ4v) is 1.66. The molecular weight excluding hydrogens is 214 g/mol. The number of carbonyl (C=O) groups excluding carboxylic acids is 1. The molecular formula is C13H21N3O. The summed E-state index contributed by atoms with van der Waals surface area (Å²) in [5, 5.41) is 0. The number of nitrogens with two attached hydrogens (primary N) is 1. The van der Waals surface area contributed by atoms with Crippen molar-refractivity contribution in [2.24, 2.45) is 5.92 Å². The number of hydrogen-bond acceptors (Lipinski definition) is 3. The topological polar surface area (TPSA) is 59.2 Å². The van der Waals surface area contributed by atoms with Gasteiger partial charge in [-0.05, 0) is 25.8 Å². The van der Waals surface area contributed by atoms with Crippen LogP contribution in [0.4, 0.5) is 5.69 Å². The van der Waals surface area contributed by atoms with Gasteiger partial charge in [0, 0.05) is 30.7 Å². The predicted molar refractivity (Wildman–Crippen MR) is 69.7 cm³/mol. The lowest BCUT2D eigenvalue weighted by atomic mass is 10.1. The zero-order valence-electron chi connectivity index (χ0n) is 11.0. The summed E-state index contributed by atoms with van der Waals surface area (Å²) in [6.07, 6.45) is 3.13. The Morgan fingerprint density at radius 2 is 2.06 bits per heavy atom. The van der Waals surface area contributed by atoms with Crippen LogP contribution in [-0.4, -0.2) is 28.4 Å². The SMILES string of the molecule is CC(C)CN(C(=O)c1cnccc1N)C(C)C. The van der Waals surface area contributed by atoms with E-state index in [0.717, 1.165) is 6.54 Å². The monoisotopic (exact) mass is 235 g/mol. The van der Waals surface area contributed by atoms with Gasteiger partial charge >= 0.3 is 0 Å². The van der Waals surface area contributed by atoms with Crippen LogP contribution in [0.15, 0.2) is 18.5 Å². The minimum Gasteiger partial charge on any atom is -0.398 e. The van der Waals surface area contributed by atoms with E-state index >= 15 is 0 Å². The van der Waals surface area contributed by atoms with Gasteiger partial charge in [-0.3, -0.25) is 9.78 Å². The third kappa shape index (κ3) is 3.44. The molecule has 0 bridgehead atoms. The summed E-state index contributed by atoms with van der Waals surface area (Å²) in [5.74, 6) is 0.388. The number of nitrogen functional groups attached to an aromatic ring is 1. The molecule has 0 radical (unpaired) electrons. The predicted octanol–water partition coefficient (Wildman–Crippen LogP) is 2.17. The minimum absolute atomic E-state index is 0.0423. The molecule has 0 aliphatic heterocycles. The van der Waals surface area contributed by atoms with Gasteiger partial charge < -0.3 is 10.6 Å². The first-order chi connectivity index (χ1) is 7.93. The van der Waals surface area contributed by atoms with Crippen LogP contribution < -0.4 is 5.73 Å². The Bertz CT molecular complexity index is 388. The molecule has 2 N–H and O–H groups in total. The molecule has 4 heteroatoms. The Morgan fingerprint density at radius 3 is 2.53 bits per heavy atom. The number of aromatic nitrogens is 1. The molecule has 17 heavy (non-hydrogen) atoms. The summed E-state index contributed by atoms with van der Waals surface area (Å²) in [7, 11) is 0. The van der Waals surface area contributed by atoms with Gasteiger partial charge in [-0.15, -0.1) is 0 Å². The number of nitrogens with zero attached hydrogens (tertiary/aromatic N) is 2. The van der Waals surface area contributed by atoms with Gasteiger partial charge in [-0.1, -0.05) is 13.8 Å². The summed E-state index contributed by atoms with van der Waals surface area (Å²) >= 11 is 0. The maximum atomic E-state index is 12.3. The molecule has 0 atom stereocenters. The Balaban J connectivity index is 2.96. The van der Waals surface area contributed by atoms with Crippen molar-refractivity contribution in [1.29, 1.82) is 0 Å². The number of hydrogen-bond donors (Lipinski definition) is 1. The van der Waals surface area contributed by atoms with E-state index in [2.05, 4.69) is 18.8 Å². The third-order valence-electron chi connectivity index (χ3n) is 2.53. The number of carbonyl (C=O) groups is 1. The first-order valence-corrected chi connectivity index (χ1v) is 5.94. The fraction of sp³-hybridized carbons (Fsp3) is 0.538. The average Bonchev–Trinajstić information content (AvgIpc) is 2.25. The van der Waals surface area contributed by atoms with Crippen LogP contribution >= 0.6 is 0 Å². The van der Waals surface area contributed by atoms with E-state index in [1.54, 1.807) is 12.3 Å². The highest BCUT2D eigenvalue weighted by Crippen LogP contribution is 2.15. The summed E-state index contributed by atoms with van der Waals surface area (Å²) in [4.78, 5) is 18.1. The van der Waals surface area contributed by atoms with E-state index in [1.165, 1.54) is 6.20 Å². The quantitative estimate of drug-likeness (QED) is 0.870. The van der Waals surface area contributed by atoms with E-state index in [-0.39, 0.29) is 11.9 Å². The second-order valence-electron chi connectivity index (χ2n) is 4.91. The van der Waals surface area contributed by atoms with Crippen molar-refractivity contribution < 1.29 is 4.79 Å². The Kier molecular flexibility index (Phi) is 4.49. The van der Waals surface area contributed by atoms with Crippen molar-refractivity contribution in [3.05, 3.63) is 24.0 Å². The lowest BCUT2D eigenvalue weighted by Gasteiger charge is -2.28. The molecule has 94 valence electrons. The van der Waals surface area contributed by atoms with Crippen LogP contribution in [0.25, 0.3) is 0 Å². The van der Waals surface area contributed by atoms with Crippen molar-refractivity contribution in [1.82, 2.24) is 9.88 Å². The van der Waals surface area contributed by atoms with E-state index in [0.29, 0.717) is 17.2 Å². The van der Waals surface area contributed by atoms with Gasteiger partial charge in [-0.25, -0.2) is 0 Å². The van der Waals surface area contributed by atoms with Gasteiger partial charge in [0.1, 0.15) is 0 Å². The summed E-state index contributed by atoms with van der Waals surface area (Å²) in [6, 6.07) is 1.81. The van der Waals surface area contributed by atoms with Crippen molar-refractivity contribution in [3.63, 3.8) is 0 Å². The molecule has 0 saturated carbocycles. The Morgan fingerprint density at radius 1 is 1.41 bits per heavy atom. The van der Waals surface area contributed by atoms with Crippen LogP contribution in [0.3, 0.4) is 0 Å². The highest BCUT2D eigenvalue weighted by atomic mass is 16.2. The largest absolute Gasteiger partial charge is 0.398 e. The molecule has 1 aromatic rings. The molecule has 1 heterocycles. The van der Waals surface area contributed by atoms with Crippen molar-refractivity contribution >= 4 is 11.6 Å². The van der Waals surface area contributed by atoms with Gasteiger partial charge in [0.05, 0.1) is 5.56 Å². The molecule has 1 aromatic heterocycles. The summed E-state index contributed by atoms with van der Waals surface area (Å²) in [6.45, 7) is 8.93. The molecule has 0 fully saturated rings. The van der Waals surface area contributed by atoms with E-state index in [4.69, 9.17) is 5.73 Å². The highest BCUT2D eigenvalue weighted by molar-refractivity contribution is 5.98. The average molecular weight is 235 g/mol. The third-order valence-corrected chi connectivity index (χ3v) is 2.53. The zero-order valence-corrected chi connectivity index (χ0v) is 11.0. The molecule has 4 nitrogen and oxygen atoms in total. The van der Waals surface area contributed by atoms with Gasteiger partial charge in [0.15, 0.2) is 0 Å². The molecule has 0 aliphatic carbocycles. The lowest BCUT2D eigenvalue weighted by molar-refractivity contribution is 0.0682. The molecule has 0 aliphatic rings. The van der Waals surface area contributed by atoms with Crippen LogP contribution in [0.5, 0.6) is 0 Å². The second-order valence-corrected chi connectivity index (χ2v) is 4.91. The number of amides is 1. The van der Waals surface area contributed by atoms with E-state index in [9.17, 15) is 4.79 Å². The van der Waals surface area contributed by atoms with E-state index in [1.807, 2.05) is 18.7 Å². The smallest absolute Gasteiger partial charge is 0.257 e. The number of pyridine rings is 1. The van der Waals surface area contributed by atoms with Crippen molar-refractivity contribution in [3.8, 4) is 0 Å². The first kappa shape index (κ1) is 13.5. The van der Waals surface area contributed by atoms with Crippen LogP contribution in [-0.2, 0) is 0 Å². The molecule has 1 rings (SSSR count). The molecule has 0 unspecified atom stereocenters. The fourth-order valence-electron chi connectivity index (χ4n) is 1.66. The normalized spacial score (nSPS) is 10.9. The Hall–Kier alpha value is -1.58. The van der Waals surface area contributed by atoms with Crippen LogP contribution in [0.2, 0.25) is 0 Å². The van der Waals surface area contributed by atoms with Gasteiger partial charge in [0.25, 0.3) is 5.91 Å². The second kappa shape index (κ2) is 5.66. The molecule has 0 spiro atoms. The highest BCUT2D eigenvalue weighted by Gasteiger charge is 2.21. The van der Waals surface area contributed by atoms with E-state index < -0.39 is 0 Å².